The van der Waals surface area contributed by atoms with Gasteiger partial charge in [0.25, 0.3) is 0 Å². The molecule has 2 aromatic heterocycles. The fourth-order valence-electron chi connectivity index (χ4n) is 2.87. The third-order valence-electron chi connectivity index (χ3n) is 3.99. The van der Waals surface area contributed by atoms with E-state index in [4.69, 9.17) is 0 Å². The normalized spacial score (nSPS) is 18.2. The molecule has 0 bridgehead atoms. The zero-order valence-electron chi connectivity index (χ0n) is 12.2. The molecule has 1 saturated heterocycles. The lowest BCUT2D eigenvalue weighted by Gasteiger charge is -2.32. The van der Waals surface area contributed by atoms with E-state index in [0.29, 0.717) is 13.0 Å². The number of amides is 1. The SMILES string of the molecule is O=C(Cc1cccnc1)N1CCC[C@H](c2ccnc(=O)[nH]2)C1. The van der Waals surface area contributed by atoms with E-state index in [9.17, 15) is 9.59 Å². The molecule has 0 spiro atoms. The van der Waals surface area contributed by atoms with E-state index in [-0.39, 0.29) is 17.5 Å². The quantitative estimate of drug-likeness (QED) is 0.920. The van der Waals surface area contributed by atoms with Crippen LogP contribution in [-0.2, 0) is 11.2 Å². The summed E-state index contributed by atoms with van der Waals surface area (Å²) in [6.07, 6.45) is 7.22. The maximum Gasteiger partial charge on any atom is 0.345 e. The summed E-state index contributed by atoms with van der Waals surface area (Å²) in [5, 5.41) is 0. The summed E-state index contributed by atoms with van der Waals surface area (Å²) < 4.78 is 0. The molecule has 1 fully saturated rings. The van der Waals surface area contributed by atoms with Crippen molar-refractivity contribution in [2.24, 2.45) is 0 Å². The molecule has 0 unspecified atom stereocenters. The summed E-state index contributed by atoms with van der Waals surface area (Å²) in [4.78, 5) is 36.1. The number of pyridine rings is 1. The lowest BCUT2D eigenvalue weighted by Crippen LogP contribution is -2.40. The van der Waals surface area contributed by atoms with Crippen LogP contribution in [0.2, 0.25) is 0 Å². The highest BCUT2D eigenvalue weighted by Crippen LogP contribution is 2.25. The van der Waals surface area contributed by atoms with Gasteiger partial charge in [0.1, 0.15) is 0 Å². The number of nitrogens with one attached hydrogen (secondary N) is 1. The van der Waals surface area contributed by atoms with Crippen LogP contribution < -0.4 is 5.69 Å². The first-order valence-corrected chi connectivity index (χ1v) is 7.44. The predicted molar refractivity (Wildman–Crippen MR) is 81.4 cm³/mol. The van der Waals surface area contributed by atoms with Gasteiger partial charge in [-0.05, 0) is 30.5 Å². The molecule has 3 rings (SSSR count). The van der Waals surface area contributed by atoms with Crippen molar-refractivity contribution in [3.63, 3.8) is 0 Å². The number of carbonyl (C=O) groups is 1. The minimum absolute atomic E-state index is 0.106. The molecular weight excluding hydrogens is 280 g/mol. The minimum atomic E-state index is -0.337. The lowest BCUT2D eigenvalue weighted by molar-refractivity contribution is -0.131. The first-order chi connectivity index (χ1) is 10.7. The van der Waals surface area contributed by atoms with Gasteiger partial charge >= 0.3 is 5.69 Å². The van der Waals surface area contributed by atoms with Crippen molar-refractivity contribution in [3.05, 3.63) is 58.5 Å². The molecule has 0 aromatic carbocycles. The average molecular weight is 298 g/mol. The molecule has 0 radical (unpaired) electrons. The van der Waals surface area contributed by atoms with Gasteiger partial charge in [-0.1, -0.05) is 6.07 Å². The van der Waals surface area contributed by atoms with E-state index >= 15 is 0 Å². The van der Waals surface area contributed by atoms with Gasteiger partial charge in [0, 0.05) is 43.3 Å². The number of piperidine rings is 1. The zero-order valence-corrected chi connectivity index (χ0v) is 12.2. The molecule has 1 aliphatic heterocycles. The van der Waals surface area contributed by atoms with Crippen LogP contribution in [0.3, 0.4) is 0 Å². The number of hydrogen-bond acceptors (Lipinski definition) is 4. The molecule has 3 heterocycles. The number of H-pyrrole nitrogens is 1. The van der Waals surface area contributed by atoms with Gasteiger partial charge in [-0.25, -0.2) is 9.78 Å². The highest BCUT2D eigenvalue weighted by atomic mass is 16.2. The molecule has 6 nitrogen and oxygen atoms in total. The van der Waals surface area contributed by atoms with Crippen molar-refractivity contribution in [1.29, 1.82) is 0 Å². The minimum Gasteiger partial charge on any atom is -0.342 e. The van der Waals surface area contributed by atoms with Gasteiger partial charge < -0.3 is 9.88 Å². The number of nitrogens with zero attached hydrogens (tertiary/aromatic N) is 3. The Labute approximate surface area is 128 Å². The number of rotatable bonds is 3. The smallest absolute Gasteiger partial charge is 0.342 e. The lowest BCUT2D eigenvalue weighted by atomic mass is 9.94. The molecule has 0 saturated carbocycles. The summed E-state index contributed by atoms with van der Waals surface area (Å²) in [5.41, 5.74) is 1.45. The van der Waals surface area contributed by atoms with Crippen LogP contribution in [0, 0.1) is 0 Å². The van der Waals surface area contributed by atoms with Gasteiger partial charge in [0.15, 0.2) is 0 Å². The number of likely N-dealkylation sites (tertiary alicyclic amines) is 1. The Bertz CT molecular complexity index is 699. The third-order valence-corrected chi connectivity index (χ3v) is 3.99. The van der Waals surface area contributed by atoms with E-state index in [0.717, 1.165) is 30.6 Å². The Morgan fingerprint density at radius 3 is 3.05 bits per heavy atom. The molecule has 1 atom stereocenters. The summed E-state index contributed by atoms with van der Waals surface area (Å²) in [6.45, 7) is 1.41. The topological polar surface area (TPSA) is 79.0 Å². The van der Waals surface area contributed by atoms with Crippen molar-refractivity contribution in [2.75, 3.05) is 13.1 Å². The molecule has 1 aliphatic rings. The summed E-state index contributed by atoms with van der Waals surface area (Å²) in [6, 6.07) is 5.57. The molecule has 1 amide bonds. The monoisotopic (exact) mass is 298 g/mol. The molecule has 6 heteroatoms. The number of aromatic amines is 1. The second-order valence-electron chi connectivity index (χ2n) is 5.55. The molecule has 114 valence electrons. The largest absolute Gasteiger partial charge is 0.345 e. The molecule has 2 aromatic rings. The van der Waals surface area contributed by atoms with Crippen LogP contribution in [-0.4, -0.2) is 38.8 Å². The van der Waals surface area contributed by atoms with E-state index < -0.39 is 0 Å². The maximum absolute atomic E-state index is 12.4. The van der Waals surface area contributed by atoms with Crippen LogP contribution in [0.15, 0.2) is 41.6 Å². The summed E-state index contributed by atoms with van der Waals surface area (Å²) >= 11 is 0. The molecular formula is C16H18N4O2. The van der Waals surface area contributed by atoms with Crippen LogP contribution in [0.1, 0.15) is 30.0 Å². The molecule has 1 N–H and O–H groups in total. The predicted octanol–water partition coefficient (Wildman–Crippen LogP) is 1.11. The average Bonchev–Trinajstić information content (AvgIpc) is 2.56. The van der Waals surface area contributed by atoms with Crippen LogP contribution in [0.25, 0.3) is 0 Å². The molecule has 22 heavy (non-hydrogen) atoms. The Morgan fingerprint density at radius 1 is 1.36 bits per heavy atom. The Hall–Kier alpha value is -2.50. The summed E-state index contributed by atoms with van der Waals surface area (Å²) in [5.74, 6) is 0.274. The second kappa shape index (κ2) is 6.51. The fourth-order valence-corrected chi connectivity index (χ4v) is 2.87. The number of carbonyl (C=O) groups excluding carboxylic acids is 1. The van der Waals surface area contributed by atoms with Crippen molar-refractivity contribution in [2.45, 2.75) is 25.2 Å². The zero-order chi connectivity index (χ0) is 15.4. The number of hydrogen-bond donors (Lipinski definition) is 1. The highest BCUT2D eigenvalue weighted by Gasteiger charge is 2.25. The third kappa shape index (κ3) is 3.39. The van der Waals surface area contributed by atoms with E-state index in [1.807, 2.05) is 23.1 Å². The van der Waals surface area contributed by atoms with E-state index in [1.165, 1.54) is 6.20 Å². The first kappa shape index (κ1) is 14.4. The second-order valence-corrected chi connectivity index (χ2v) is 5.55. The first-order valence-electron chi connectivity index (χ1n) is 7.44. The van der Waals surface area contributed by atoms with Crippen LogP contribution >= 0.6 is 0 Å². The standard InChI is InChI=1S/C16H18N4O2/c21-15(9-12-3-1-6-17-10-12)20-8-2-4-13(11-20)14-5-7-18-16(22)19-14/h1,3,5-7,10,13H,2,4,8-9,11H2,(H,18,19,22)/t13-/m0/s1. The van der Waals surface area contributed by atoms with Gasteiger partial charge in [0.05, 0.1) is 6.42 Å². The van der Waals surface area contributed by atoms with Crippen molar-refractivity contribution in [3.8, 4) is 0 Å². The van der Waals surface area contributed by atoms with Gasteiger partial charge in [0.2, 0.25) is 5.91 Å². The Kier molecular flexibility index (Phi) is 4.27. The van der Waals surface area contributed by atoms with E-state index in [1.54, 1.807) is 12.4 Å². The van der Waals surface area contributed by atoms with E-state index in [2.05, 4.69) is 15.0 Å². The van der Waals surface area contributed by atoms with Crippen LogP contribution in [0.5, 0.6) is 0 Å². The molecule has 0 aliphatic carbocycles. The Balaban J connectivity index is 1.67. The van der Waals surface area contributed by atoms with Crippen LogP contribution in [0.4, 0.5) is 0 Å². The highest BCUT2D eigenvalue weighted by molar-refractivity contribution is 5.78. The van der Waals surface area contributed by atoms with Crippen molar-refractivity contribution >= 4 is 5.91 Å². The van der Waals surface area contributed by atoms with Crippen molar-refractivity contribution < 1.29 is 4.79 Å². The van der Waals surface area contributed by atoms with Gasteiger partial charge in [-0.3, -0.25) is 9.78 Å². The summed E-state index contributed by atoms with van der Waals surface area (Å²) in [7, 11) is 0. The van der Waals surface area contributed by atoms with Crippen molar-refractivity contribution in [1.82, 2.24) is 19.9 Å². The fraction of sp³-hybridized carbons (Fsp3) is 0.375. The van der Waals surface area contributed by atoms with Gasteiger partial charge in [-0.15, -0.1) is 0 Å². The maximum atomic E-state index is 12.4. The Morgan fingerprint density at radius 2 is 2.27 bits per heavy atom. The number of aromatic nitrogens is 3. The van der Waals surface area contributed by atoms with Gasteiger partial charge in [-0.2, -0.15) is 0 Å².